The van der Waals surface area contributed by atoms with Crippen LogP contribution < -0.4 is 4.74 Å². The van der Waals surface area contributed by atoms with Crippen LogP contribution in [0.1, 0.15) is 23.4 Å². The number of pyridine rings is 1. The Labute approximate surface area is 174 Å². The van der Waals surface area contributed by atoms with Gasteiger partial charge in [-0.1, -0.05) is 30.3 Å². The van der Waals surface area contributed by atoms with Gasteiger partial charge in [-0.25, -0.2) is 4.98 Å². The number of carboxylic acids is 1. The zero-order valence-corrected chi connectivity index (χ0v) is 16.7. The predicted molar refractivity (Wildman–Crippen MR) is 114 cm³/mol. The minimum atomic E-state index is -0.822. The largest absolute Gasteiger partial charge is 0.492 e. The van der Waals surface area contributed by atoms with Crippen molar-refractivity contribution in [3.8, 4) is 17.2 Å². The van der Waals surface area contributed by atoms with Crippen LogP contribution in [0.15, 0.2) is 65.2 Å². The normalized spacial score (nSPS) is 11.0. The molecular formula is C24H22N2O4. The van der Waals surface area contributed by atoms with Gasteiger partial charge in [-0.2, -0.15) is 0 Å². The van der Waals surface area contributed by atoms with E-state index in [0.717, 1.165) is 39.2 Å². The summed E-state index contributed by atoms with van der Waals surface area (Å²) in [6.45, 7) is 2.35. The van der Waals surface area contributed by atoms with Crippen LogP contribution in [0.25, 0.3) is 22.4 Å². The SMILES string of the molecule is Cc1oc(-c2ccccc2)nc1CCOc1ccnc2c(CCC(=O)O)cccc12. The second kappa shape index (κ2) is 8.78. The fraction of sp³-hybridized carbons (Fsp3) is 0.208. The Kier molecular flexibility index (Phi) is 5.75. The molecule has 2 aromatic carbocycles. The number of aromatic nitrogens is 2. The van der Waals surface area contributed by atoms with Crippen molar-refractivity contribution in [3.63, 3.8) is 0 Å². The number of carbonyl (C=O) groups is 1. The highest BCUT2D eigenvalue weighted by atomic mass is 16.5. The number of fused-ring (bicyclic) bond motifs is 1. The molecule has 4 rings (SSSR count). The summed E-state index contributed by atoms with van der Waals surface area (Å²) in [4.78, 5) is 20.0. The van der Waals surface area contributed by atoms with E-state index in [0.29, 0.717) is 25.3 Å². The average molecular weight is 402 g/mol. The van der Waals surface area contributed by atoms with Crippen LogP contribution in [0.4, 0.5) is 0 Å². The second-order valence-electron chi connectivity index (χ2n) is 7.00. The van der Waals surface area contributed by atoms with Crippen molar-refractivity contribution in [2.24, 2.45) is 0 Å². The molecule has 152 valence electrons. The Morgan fingerprint density at radius 1 is 1.07 bits per heavy atom. The van der Waals surface area contributed by atoms with Gasteiger partial charge in [-0.05, 0) is 43.2 Å². The monoisotopic (exact) mass is 402 g/mol. The number of carboxylic acid groups (broad SMARTS) is 1. The van der Waals surface area contributed by atoms with Crippen molar-refractivity contribution >= 4 is 16.9 Å². The van der Waals surface area contributed by atoms with E-state index in [1.807, 2.05) is 61.5 Å². The summed E-state index contributed by atoms with van der Waals surface area (Å²) < 4.78 is 11.8. The summed E-state index contributed by atoms with van der Waals surface area (Å²) in [5.74, 6) is 1.30. The summed E-state index contributed by atoms with van der Waals surface area (Å²) in [7, 11) is 0. The van der Waals surface area contributed by atoms with E-state index < -0.39 is 5.97 Å². The number of hydrogen-bond donors (Lipinski definition) is 1. The van der Waals surface area contributed by atoms with E-state index in [1.54, 1.807) is 6.20 Å². The van der Waals surface area contributed by atoms with Crippen LogP contribution in [0.2, 0.25) is 0 Å². The van der Waals surface area contributed by atoms with Gasteiger partial charge in [0, 0.05) is 30.0 Å². The summed E-state index contributed by atoms with van der Waals surface area (Å²) >= 11 is 0. The van der Waals surface area contributed by atoms with Crippen molar-refractivity contribution < 1.29 is 19.1 Å². The Balaban J connectivity index is 1.47. The Morgan fingerprint density at radius 2 is 1.90 bits per heavy atom. The molecule has 6 heteroatoms. The third kappa shape index (κ3) is 4.33. The molecule has 4 aromatic rings. The molecule has 0 aliphatic carbocycles. The number of benzene rings is 2. The van der Waals surface area contributed by atoms with Crippen LogP contribution >= 0.6 is 0 Å². The molecule has 0 atom stereocenters. The summed E-state index contributed by atoms with van der Waals surface area (Å²) in [6.07, 6.45) is 2.81. The first kappa shape index (κ1) is 19.6. The minimum absolute atomic E-state index is 0.0705. The minimum Gasteiger partial charge on any atom is -0.492 e. The molecule has 0 saturated carbocycles. The van der Waals surface area contributed by atoms with Gasteiger partial charge < -0.3 is 14.3 Å². The highest BCUT2D eigenvalue weighted by Gasteiger charge is 2.13. The number of oxazole rings is 1. The van der Waals surface area contributed by atoms with Gasteiger partial charge in [0.15, 0.2) is 0 Å². The molecule has 0 fully saturated rings. The third-order valence-electron chi connectivity index (χ3n) is 4.93. The molecular weight excluding hydrogens is 380 g/mol. The van der Waals surface area contributed by atoms with Crippen LogP contribution in [0.3, 0.4) is 0 Å². The highest BCUT2D eigenvalue weighted by Crippen LogP contribution is 2.27. The number of aliphatic carboxylic acids is 1. The summed E-state index contributed by atoms with van der Waals surface area (Å²) in [5.41, 5.74) is 3.50. The average Bonchev–Trinajstić information content (AvgIpc) is 3.13. The maximum Gasteiger partial charge on any atom is 0.303 e. The van der Waals surface area contributed by atoms with Crippen LogP contribution in [-0.4, -0.2) is 27.7 Å². The molecule has 2 aromatic heterocycles. The lowest BCUT2D eigenvalue weighted by atomic mass is 10.0. The highest BCUT2D eigenvalue weighted by molar-refractivity contribution is 5.87. The van der Waals surface area contributed by atoms with Gasteiger partial charge in [0.25, 0.3) is 0 Å². The number of hydrogen-bond acceptors (Lipinski definition) is 5. The lowest BCUT2D eigenvalue weighted by molar-refractivity contribution is -0.136. The van der Waals surface area contributed by atoms with Gasteiger partial charge in [-0.15, -0.1) is 0 Å². The predicted octanol–water partition coefficient (Wildman–Crippen LogP) is 4.84. The van der Waals surface area contributed by atoms with Crippen LogP contribution in [0, 0.1) is 6.92 Å². The molecule has 0 bridgehead atoms. The molecule has 6 nitrogen and oxygen atoms in total. The summed E-state index contributed by atoms with van der Waals surface area (Å²) in [6, 6.07) is 17.4. The maximum absolute atomic E-state index is 10.9. The molecule has 2 heterocycles. The van der Waals surface area contributed by atoms with E-state index in [1.165, 1.54) is 0 Å². The van der Waals surface area contributed by atoms with Gasteiger partial charge >= 0.3 is 5.97 Å². The quantitative estimate of drug-likeness (QED) is 0.454. The zero-order valence-electron chi connectivity index (χ0n) is 16.7. The molecule has 0 unspecified atom stereocenters. The second-order valence-corrected chi connectivity index (χ2v) is 7.00. The first-order chi connectivity index (χ1) is 14.6. The fourth-order valence-electron chi connectivity index (χ4n) is 3.40. The first-order valence-corrected chi connectivity index (χ1v) is 9.85. The van der Waals surface area contributed by atoms with Gasteiger partial charge in [-0.3, -0.25) is 9.78 Å². The molecule has 0 aliphatic heterocycles. The van der Waals surface area contributed by atoms with E-state index in [-0.39, 0.29) is 6.42 Å². The van der Waals surface area contributed by atoms with Crippen LogP contribution in [0.5, 0.6) is 5.75 Å². The molecule has 0 aliphatic rings. The standard InChI is InChI=1S/C24H22N2O4/c1-16-20(26-24(30-16)18-6-3-2-4-7-18)13-15-29-21-12-14-25-23-17(10-11-22(27)28)8-5-9-19(21)23/h2-9,12,14H,10-11,13,15H2,1H3,(H,27,28). The van der Waals surface area contributed by atoms with Gasteiger partial charge in [0.2, 0.25) is 5.89 Å². The summed E-state index contributed by atoms with van der Waals surface area (Å²) in [5, 5.41) is 9.84. The van der Waals surface area contributed by atoms with Crippen molar-refractivity contribution in [2.45, 2.75) is 26.2 Å². The number of rotatable bonds is 8. The first-order valence-electron chi connectivity index (χ1n) is 9.85. The van der Waals surface area contributed by atoms with Crippen molar-refractivity contribution in [2.75, 3.05) is 6.61 Å². The molecule has 30 heavy (non-hydrogen) atoms. The number of para-hydroxylation sites is 1. The molecule has 0 amide bonds. The molecule has 1 N–H and O–H groups in total. The van der Waals surface area contributed by atoms with Crippen molar-refractivity contribution in [3.05, 3.63) is 77.8 Å². The number of nitrogens with zero attached hydrogens (tertiary/aromatic N) is 2. The Morgan fingerprint density at radius 3 is 2.70 bits per heavy atom. The Bertz CT molecular complexity index is 1170. The van der Waals surface area contributed by atoms with Gasteiger partial charge in [0.1, 0.15) is 11.5 Å². The number of ether oxygens (including phenoxy) is 1. The molecule has 0 spiro atoms. The van der Waals surface area contributed by atoms with Crippen LogP contribution in [-0.2, 0) is 17.6 Å². The third-order valence-corrected chi connectivity index (χ3v) is 4.93. The van der Waals surface area contributed by atoms with E-state index in [9.17, 15) is 4.79 Å². The maximum atomic E-state index is 10.9. The van der Waals surface area contributed by atoms with E-state index in [2.05, 4.69) is 9.97 Å². The van der Waals surface area contributed by atoms with Crippen molar-refractivity contribution in [1.82, 2.24) is 9.97 Å². The Hall–Kier alpha value is -3.67. The topological polar surface area (TPSA) is 85.5 Å². The lowest BCUT2D eigenvalue weighted by Gasteiger charge is -2.10. The molecule has 0 saturated heterocycles. The van der Waals surface area contributed by atoms with E-state index in [4.69, 9.17) is 14.3 Å². The number of aryl methyl sites for hydroxylation is 2. The van der Waals surface area contributed by atoms with E-state index >= 15 is 0 Å². The van der Waals surface area contributed by atoms with Gasteiger partial charge in [0.05, 0.1) is 17.8 Å². The van der Waals surface area contributed by atoms with Crippen molar-refractivity contribution in [1.29, 1.82) is 0 Å². The zero-order chi connectivity index (χ0) is 20.9. The fourth-order valence-corrected chi connectivity index (χ4v) is 3.40. The molecule has 0 radical (unpaired) electrons. The lowest BCUT2D eigenvalue weighted by Crippen LogP contribution is -2.04. The smallest absolute Gasteiger partial charge is 0.303 e.